The Bertz CT molecular complexity index is 2500. The zero-order chi connectivity index (χ0) is 51.0. The highest BCUT2D eigenvalue weighted by Crippen LogP contribution is 2.48. The molecule has 4 saturated carbocycles. The zero-order valence-corrected chi connectivity index (χ0v) is 43.4. The summed E-state index contributed by atoms with van der Waals surface area (Å²) in [6.07, 6.45) is 10.5. The third-order valence-corrected chi connectivity index (χ3v) is 18.2. The fraction of sp³-hybridized carbons (Fsp3) is 0.698. The summed E-state index contributed by atoms with van der Waals surface area (Å²) >= 11 is 0. The lowest BCUT2D eigenvalue weighted by molar-refractivity contribution is -0.142. The van der Waals surface area contributed by atoms with E-state index in [2.05, 4.69) is 26.8 Å². The van der Waals surface area contributed by atoms with Crippen LogP contribution in [-0.4, -0.2) is 144 Å². The van der Waals surface area contributed by atoms with Crippen molar-refractivity contribution in [1.82, 2.24) is 35.0 Å². The molecule has 4 aliphatic carbocycles. The summed E-state index contributed by atoms with van der Waals surface area (Å²) in [5.74, 6) is -1.38. The predicted octanol–water partition coefficient (Wildman–Crippen LogP) is 6.14. The Morgan fingerprint density at radius 2 is 1.67 bits per heavy atom. The summed E-state index contributed by atoms with van der Waals surface area (Å²) < 4.78 is 53.0. The number of carbonyl (C=O) groups is 5. The van der Waals surface area contributed by atoms with Gasteiger partial charge >= 0.3 is 12.2 Å². The van der Waals surface area contributed by atoms with Gasteiger partial charge in [0, 0.05) is 50.4 Å². The molecule has 0 unspecified atom stereocenters. The van der Waals surface area contributed by atoms with E-state index in [1.807, 2.05) is 45.0 Å². The van der Waals surface area contributed by atoms with Gasteiger partial charge in [-0.3, -0.25) is 24.0 Å². The molecule has 72 heavy (non-hydrogen) atoms. The average Bonchev–Trinajstić information content (AvgIpc) is 4.31. The van der Waals surface area contributed by atoms with Gasteiger partial charge in [0.1, 0.15) is 41.2 Å². The van der Waals surface area contributed by atoms with Crippen LogP contribution < -0.4 is 24.8 Å². The summed E-state index contributed by atoms with van der Waals surface area (Å²) in [5.41, 5.74) is -0.670. The minimum atomic E-state index is -4.03. The van der Waals surface area contributed by atoms with Crippen molar-refractivity contribution in [2.45, 2.75) is 171 Å². The van der Waals surface area contributed by atoms with Crippen molar-refractivity contribution in [2.24, 2.45) is 17.8 Å². The van der Waals surface area contributed by atoms with Crippen LogP contribution in [0.4, 0.5) is 9.59 Å². The number of amides is 5. The van der Waals surface area contributed by atoms with E-state index in [0.29, 0.717) is 68.9 Å². The highest BCUT2D eigenvalue weighted by molar-refractivity contribution is 7.91. The number of alkyl carbamates (subject to hydrolysis) is 1. The van der Waals surface area contributed by atoms with Crippen molar-refractivity contribution in [2.75, 3.05) is 45.9 Å². The molecule has 2 bridgehead atoms. The second-order valence-electron chi connectivity index (χ2n) is 22.7. The molecule has 2 saturated heterocycles. The SMILES string of the molecule is C=C[C@@H]1C[C@]1(NC(=O)[C@@H]1C[C@@H]2CN1C(=O)[C@H](C1CCCCC1)NC(=O)O[C@@H]1C[C@H]1CCCCCc1c(nc3ccccc3c1OCCCN1CCN(C(=O)OC(C)(C)C)CC1)O2)C(=O)NS(=O)(=O)C1(C)CC1. The number of nitrogens with one attached hydrogen (secondary N) is 3. The molecule has 1 aromatic heterocycles. The molecule has 18 nitrogen and oxygen atoms in total. The van der Waals surface area contributed by atoms with E-state index in [1.54, 1.807) is 11.8 Å². The number of hydrogen-bond donors (Lipinski definition) is 3. The second kappa shape index (κ2) is 21.0. The average molecular weight is 1020 g/mol. The molecule has 19 heteroatoms. The molecule has 2 aromatic rings. The fourth-order valence-electron chi connectivity index (χ4n) is 11.2. The molecule has 9 rings (SSSR count). The summed E-state index contributed by atoms with van der Waals surface area (Å²) in [6, 6.07) is 5.65. The number of pyridine rings is 1. The van der Waals surface area contributed by atoms with E-state index < -0.39 is 73.8 Å². The van der Waals surface area contributed by atoms with E-state index in [0.717, 1.165) is 88.4 Å². The third-order valence-electron chi connectivity index (χ3n) is 16.1. The molecular formula is C53H75N7O11S. The summed E-state index contributed by atoms with van der Waals surface area (Å²) in [4.78, 5) is 81.0. The van der Waals surface area contributed by atoms with Crippen LogP contribution in [0.1, 0.15) is 130 Å². The number of carbonyl (C=O) groups excluding carboxylic acids is 5. The van der Waals surface area contributed by atoms with Gasteiger partial charge in [-0.15, -0.1) is 6.58 Å². The molecule has 7 atom stereocenters. The quantitative estimate of drug-likeness (QED) is 0.161. The van der Waals surface area contributed by atoms with Gasteiger partial charge in [0.25, 0.3) is 5.91 Å². The van der Waals surface area contributed by atoms with Gasteiger partial charge in [0.15, 0.2) is 0 Å². The Labute approximate surface area is 424 Å². The Morgan fingerprint density at radius 1 is 0.958 bits per heavy atom. The standard InChI is InChI=1S/C53H75N7O11S/c1-6-36-32-53(36,48(63)57-72(66,67)52(5)22-23-52)56-45(61)41-31-37-33-60(41)47(62)43(34-16-9-7-10-17-34)55-49(64)70-42-30-35(42)18-11-8-12-20-39-44(38-19-13-14-21-40(38)54-46(39)69-37)68-29-15-24-58-25-27-59(28-26-58)50(65)71-51(2,3)4/h6,13-14,19,21,34-37,41-43H,1,7-12,15-18,20,22-33H2,2-5H3,(H,55,64)(H,56,61)(H,57,63)/t35-,36-,37-,41+,42-,43+,53-/m1/s1. The largest absolute Gasteiger partial charge is 0.492 e. The number of fused-ring (bicyclic) bond motifs is 5. The van der Waals surface area contributed by atoms with Crippen molar-refractivity contribution in [3.05, 3.63) is 42.5 Å². The minimum absolute atomic E-state index is 0.0241. The zero-order valence-electron chi connectivity index (χ0n) is 42.6. The predicted molar refractivity (Wildman–Crippen MR) is 269 cm³/mol. The molecule has 1 aromatic carbocycles. The minimum Gasteiger partial charge on any atom is -0.492 e. The maximum Gasteiger partial charge on any atom is 0.410 e. The van der Waals surface area contributed by atoms with Crippen LogP contribution >= 0.6 is 0 Å². The van der Waals surface area contributed by atoms with Crippen LogP contribution in [0.3, 0.4) is 0 Å². The van der Waals surface area contributed by atoms with Crippen LogP contribution in [0.25, 0.3) is 10.9 Å². The van der Waals surface area contributed by atoms with Crippen LogP contribution in [0.15, 0.2) is 36.9 Å². The number of nitrogens with zero attached hydrogens (tertiary/aromatic N) is 4. The van der Waals surface area contributed by atoms with Crippen LogP contribution in [0, 0.1) is 17.8 Å². The Kier molecular flexibility index (Phi) is 15.1. The highest BCUT2D eigenvalue weighted by Gasteiger charge is 2.63. The number of rotatable bonds is 12. The number of hydrogen-bond acceptors (Lipinski definition) is 13. The Hall–Kier alpha value is -5.17. The molecule has 0 spiro atoms. The molecule has 3 N–H and O–H groups in total. The van der Waals surface area contributed by atoms with E-state index in [4.69, 9.17) is 23.9 Å². The van der Waals surface area contributed by atoms with Crippen molar-refractivity contribution >= 4 is 50.8 Å². The van der Waals surface area contributed by atoms with E-state index in [9.17, 15) is 27.6 Å². The first kappa shape index (κ1) is 51.7. The van der Waals surface area contributed by atoms with Crippen molar-refractivity contribution in [3.8, 4) is 11.6 Å². The normalized spacial score (nSPS) is 29.2. The first-order valence-corrected chi connectivity index (χ1v) is 28.1. The van der Waals surface area contributed by atoms with Gasteiger partial charge in [-0.25, -0.2) is 23.0 Å². The number of sulfonamides is 1. The smallest absolute Gasteiger partial charge is 0.410 e. The maximum absolute atomic E-state index is 15.2. The van der Waals surface area contributed by atoms with Crippen molar-refractivity contribution < 1.29 is 51.3 Å². The first-order valence-electron chi connectivity index (χ1n) is 26.6. The van der Waals surface area contributed by atoms with Gasteiger partial charge in [-0.2, -0.15) is 0 Å². The van der Waals surface area contributed by atoms with Crippen molar-refractivity contribution in [1.29, 1.82) is 0 Å². The lowest BCUT2D eigenvalue weighted by Gasteiger charge is -2.35. The fourth-order valence-corrected chi connectivity index (χ4v) is 12.5. The first-order chi connectivity index (χ1) is 34.4. The highest BCUT2D eigenvalue weighted by atomic mass is 32.2. The molecule has 3 aliphatic heterocycles. The maximum atomic E-state index is 15.2. The molecule has 6 fully saturated rings. The van der Waals surface area contributed by atoms with Gasteiger partial charge < -0.3 is 39.4 Å². The third kappa shape index (κ3) is 11.6. The molecule has 394 valence electrons. The van der Waals surface area contributed by atoms with Crippen LogP contribution in [0.2, 0.25) is 0 Å². The Morgan fingerprint density at radius 3 is 2.36 bits per heavy atom. The van der Waals surface area contributed by atoms with E-state index in [-0.39, 0.29) is 43.4 Å². The second-order valence-corrected chi connectivity index (χ2v) is 24.9. The molecule has 7 aliphatic rings. The number of ether oxygens (including phenoxy) is 4. The van der Waals surface area contributed by atoms with Gasteiger partial charge in [-0.05, 0) is 116 Å². The van der Waals surface area contributed by atoms with Gasteiger partial charge in [0.05, 0.1) is 29.0 Å². The van der Waals surface area contributed by atoms with E-state index >= 15 is 4.79 Å². The lowest BCUT2D eigenvalue weighted by Crippen LogP contribution is -2.59. The number of para-hydroxylation sites is 1. The number of piperazine rings is 1. The number of benzene rings is 1. The monoisotopic (exact) mass is 1020 g/mol. The van der Waals surface area contributed by atoms with Crippen LogP contribution in [0.5, 0.6) is 11.6 Å². The molecular weight excluding hydrogens is 943 g/mol. The summed E-state index contributed by atoms with van der Waals surface area (Å²) in [7, 11) is -4.03. The Balaban J connectivity index is 0.988. The van der Waals surface area contributed by atoms with Gasteiger partial charge in [-0.1, -0.05) is 50.3 Å². The molecule has 4 heterocycles. The van der Waals surface area contributed by atoms with Crippen molar-refractivity contribution in [3.63, 3.8) is 0 Å². The topological polar surface area (TPSA) is 215 Å². The van der Waals surface area contributed by atoms with Gasteiger partial charge in [0.2, 0.25) is 27.7 Å². The molecule has 5 amide bonds. The number of aromatic nitrogens is 1. The summed E-state index contributed by atoms with van der Waals surface area (Å²) in [6.45, 7) is 14.9. The summed E-state index contributed by atoms with van der Waals surface area (Å²) in [5, 5.41) is 6.72. The molecule has 0 radical (unpaired) electrons. The van der Waals surface area contributed by atoms with Crippen LogP contribution in [-0.2, 0) is 40.3 Å². The lowest BCUT2D eigenvalue weighted by atomic mass is 9.83. The van der Waals surface area contributed by atoms with E-state index in [1.165, 1.54) is 11.0 Å².